The second-order valence-corrected chi connectivity index (χ2v) is 6.39. The predicted octanol–water partition coefficient (Wildman–Crippen LogP) is 6.63. The van der Waals surface area contributed by atoms with Crippen molar-refractivity contribution < 1.29 is 0 Å². The van der Waals surface area contributed by atoms with Gasteiger partial charge in [-0.3, -0.25) is 0 Å². The highest BCUT2D eigenvalue weighted by Gasteiger charge is 2.14. The fraction of sp³-hybridized carbons (Fsp3) is 0.0588. The third-order valence-electron chi connectivity index (χ3n) is 3.30. The molecule has 0 fully saturated rings. The SMILES string of the molecule is Clc1ccc(C(Br)c2ccc3ccccc3c2)c(Cl)c1. The van der Waals surface area contributed by atoms with Crippen LogP contribution in [0.4, 0.5) is 0 Å². The molecule has 3 rings (SSSR count). The Kier molecular flexibility index (Phi) is 4.02. The van der Waals surface area contributed by atoms with E-state index in [9.17, 15) is 0 Å². The molecule has 0 saturated carbocycles. The van der Waals surface area contributed by atoms with E-state index in [1.54, 1.807) is 6.07 Å². The molecule has 0 nitrogen and oxygen atoms in total. The number of hydrogen-bond acceptors (Lipinski definition) is 0. The van der Waals surface area contributed by atoms with Gasteiger partial charge in [0.15, 0.2) is 0 Å². The highest BCUT2D eigenvalue weighted by atomic mass is 79.9. The van der Waals surface area contributed by atoms with Crippen molar-refractivity contribution in [3.63, 3.8) is 0 Å². The Labute approximate surface area is 136 Å². The molecule has 0 aliphatic rings. The molecule has 0 aliphatic carbocycles. The molecule has 3 aromatic rings. The lowest BCUT2D eigenvalue weighted by Gasteiger charge is -2.13. The first-order chi connectivity index (χ1) is 9.65. The van der Waals surface area contributed by atoms with Crippen LogP contribution < -0.4 is 0 Å². The number of halogens is 3. The largest absolute Gasteiger partial charge is 0.0843 e. The lowest BCUT2D eigenvalue weighted by Crippen LogP contribution is -1.94. The maximum atomic E-state index is 6.28. The van der Waals surface area contributed by atoms with Crippen molar-refractivity contribution in [1.82, 2.24) is 0 Å². The van der Waals surface area contributed by atoms with Crippen molar-refractivity contribution in [3.8, 4) is 0 Å². The maximum absolute atomic E-state index is 6.28. The highest BCUT2D eigenvalue weighted by Crippen LogP contribution is 2.37. The summed E-state index contributed by atoms with van der Waals surface area (Å²) in [4.78, 5) is 0.0527. The van der Waals surface area contributed by atoms with Gasteiger partial charge in [0.2, 0.25) is 0 Å². The minimum atomic E-state index is 0.0527. The Morgan fingerprint density at radius 3 is 2.30 bits per heavy atom. The van der Waals surface area contributed by atoms with Gasteiger partial charge in [-0.05, 0) is 40.1 Å². The van der Waals surface area contributed by atoms with Gasteiger partial charge in [-0.25, -0.2) is 0 Å². The molecule has 0 aromatic heterocycles. The van der Waals surface area contributed by atoms with E-state index in [4.69, 9.17) is 23.2 Å². The van der Waals surface area contributed by atoms with Crippen LogP contribution in [0.5, 0.6) is 0 Å². The molecule has 0 saturated heterocycles. The molecule has 1 unspecified atom stereocenters. The summed E-state index contributed by atoms with van der Waals surface area (Å²) in [7, 11) is 0. The average molecular weight is 366 g/mol. The molecule has 3 heteroatoms. The second kappa shape index (κ2) is 5.77. The lowest BCUT2D eigenvalue weighted by molar-refractivity contribution is 1.18. The minimum absolute atomic E-state index is 0.0527. The molecule has 20 heavy (non-hydrogen) atoms. The Balaban J connectivity index is 2.05. The van der Waals surface area contributed by atoms with Crippen molar-refractivity contribution in [2.45, 2.75) is 4.83 Å². The predicted molar refractivity (Wildman–Crippen MR) is 91.2 cm³/mol. The second-order valence-electron chi connectivity index (χ2n) is 4.63. The Hall–Kier alpha value is -1.02. The van der Waals surface area contributed by atoms with E-state index >= 15 is 0 Å². The molecule has 0 aliphatic heterocycles. The molecule has 3 aromatic carbocycles. The van der Waals surface area contributed by atoms with E-state index in [1.165, 1.54) is 16.3 Å². The topological polar surface area (TPSA) is 0 Å². The standard InChI is InChI=1S/C17H11BrCl2/c18-17(15-8-7-14(19)10-16(15)20)13-6-5-11-3-1-2-4-12(11)9-13/h1-10,17H. The average Bonchev–Trinajstić information content (AvgIpc) is 2.46. The van der Waals surface area contributed by atoms with E-state index in [0.717, 1.165) is 5.56 Å². The first kappa shape index (κ1) is 13.9. The molecule has 0 spiro atoms. The lowest BCUT2D eigenvalue weighted by atomic mass is 10.0. The zero-order valence-electron chi connectivity index (χ0n) is 10.5. The fourth-order valence-electron chi connectivity index (χ4n) is 2.25. The van der Waals surface area contributed by atoms with Crippen molar-refractivity contribution in [2.75, 3.05) is 0 Å². The zero-order chi connectivity index (χ0) is 14.1. The van der Waals surface area contributed by atoms with E-state index in [2.05, 4.69) is 46.3 Å². The first-order valence-corrected chi connectivity index (χ1v) is 7.90. The van der Waals surface area contributed by atoms with E-state index < -0.39 is 0 Å². The molecule has 0 bridgehead atoms. The van der Waals surface area contributed by atoms with Gasteiger partial charge >= 0.3 is 0 Å². The first-order valence-electron chi connectivity index (χ1n) is 6.23. The summed E-state index contributed by atoms with van der Waals surface area (Å²) in [5, 5.41) is 3.78. The van der Waals surface area contributed by atoms with Crippen LogP contribution in [0.2, 0.25) is 10.0 Å². The van der Waals surface area contributed by atoms with E-state index in [-0.39, 0.29) is 4.83 Å². The van der Waals surface area contributed by atoms with Crippen LogP contribution in [-0.4, -0.2) is 0 Å². The quantitative estimate of drug-likeness (QED) is 0.447. The summed E-state index contributed by atoms with van der Waals surface area (Å²) < 4.78 is 0. The normalized spacial score (nSPS) is 12.6. The van der Waals surface area contributed by atoms with Crippen LogP contribution in [0.3, 0.4) is 0 Å². The summed E-state index contributed by atoms with van der Waals surface area (Å²) in [6.07, 6.45) is 0. The summed E-state index contributed by atoms with van der Waals surface area (Å²) in [5.41, 5.74) is 2.19. The number of fused-ring (bicyclic) bond motifs is 1. The van der Waals surface area contributed by atoms with Crippen molar-refractivity contribution in [2.24, 2.45) is 0 Å². The summed E-state index contributed by atoms with van der Waals surface area (Å²) >= 11 is 16.0. The molecule has 0 N–H and O–H groups in total. The highest BCUT2D eigenvalue weighted by molar-refractivity contribution is 9.09. The van der Waals surface area contributed by atoms with E-state index in [1.807, 2.05) is 24.3 Å². The zero-order valence-corrected chi connectivity index (χ0v) is 13.6. The third kappa shape index (κ3) is 2.71. The van der Waals surface area contributed by atoms with Gasteiger partial charge in [0.1, 0.15) is 0 Å². The molecule has 0 heterocycles. The van der Waals surface area contributed by atoms with E-state index in [0.29, 0.717) is 10.0 Å². The van der Waals surface area contributed by atoms with Crippen LogP contribution in [0.25, 0.3) is 10.8 Å². The molecular weight excluding hydrogens is 355 g/mol. The number of rotatable bonds is 2. The maximum Gasteiger partial charge on any atom is 0.0659 e. The fourth-order valence-corrected chi connectivity index (χ4v) is 3.59. The van der Waals surface area contributed by atoms with Gasteiger partial charge in [-0.15, -0.1) is 0 Å². The van der Waals surface area contributed by atoms with Crippen molar-refractivity contribution in [3.05, 3.63) is 81.8 Å². The summed E-state index contributed by atoms with van der Waals surface area (Å²) in [5.74, 6) is 0. The van der Waals surface area contributed by atoms with Gasteiger partial charge < -0.3 is 0 Å². The van der Waals surface area contributed by atoms with Crippen LogP contribution >= 0.6 is 39.1 Å². The Morgan fingerprint density at radius 2 is 1.55 bits per heavy atom. The van der Waals surface area contributed by atoms with Crippen LogP contribution in [0.15, 0.2) is 60.7 Å². The van der Waals surface area contributed by atoms with Gasteiger partial charge in [0.05, 0.1) is 4.83 Å². The van der Waals surface area contributed by atoms with Gasteiger partial charge in [0, 0.05) is 10.0 Å². The van der Waals surface area contributed by atoms with Crippen LogP contribution in [0.1, 0.15) is 16.0 Å². The van der Waals surface area contributed by atoms with Gasteiger partial charge in [0.25, 0.3) is 0 Å². The number of alkyl halides is 1. The molecule has 100 valence electrons. The molecule has 0 amide bonds. The monoisotopic (exact) mass is 364 g/mol. The Bertz CT molecular complexity index is 768. The molecular formula is C17H11BrCl2. The van der Waals surface area contributed by atoms with Gasteiger partial charge in [-0.2, -0.15) is 0 Å². The third-order valence-corrected chi connectivity index (χ3v) is 4.89. The van der Waals surface area contributed by atoms with Gasteiger partial charge in [-0.1, -0.05) is 81.6 Å². The number of benzene rings is 3. The number of hydrogen-bond donors (Lipinski definition) is 0. The summed E-state index contributed by atoms with van der Waals surface area (Å²) in [6, 6.07) is 20.3. The van der Waals surface area contributed by atoms with Crippen LogP contribution in [0, 0.1) is 0 Å². The smallest absolute Gasteiger partial charge is 0.0659 e. The molecule has 1 atom stereocenters. The summed E-state index contributed by atoms with van der Waals surface area (Å²) in [6.45, 7) is 0. The minimum Gasteiger partial charge on any atom is -0.0843 e. The Morgan fingerprint density at radius 1 is 0.800 bits per heavy atom. The van der Waals surface area contributed by atoms with Crippen LogP contribution in [-0.2, 0) is 0 Å². The van der Waals surface area contributed by atoms with Crippen molar-refractivity contribution in [1.29, 1.82) is 0 Å². The van der Waals surface area contributed by atoms with Crippen molar-refractivity contribution >= 4 is 49.9 Å². The molecule has 0 radical (unpaired) electrons.